The first kappa shape index (κ1) is 7.49. The quantitative estimate of drug-likeness (QED) is 0.323. The van der Waals surface area contributed by atoms with Crippen molar-refractivity contribution in [1.82, 2.24) is 0 Å². The van der Waals surface area contributed by atoms with Crippen molar-refractivity contribution in [3.63, 3.8) is 0 Å². The fourth-order valence-electron chi connectivity index (χ4n) is 0.982. The first-order valence-electron chi connectivity index (χ1n) is 3.23. The van der Waals surface area contributed by atoms with Gasteiger partial charge in [0.2, 0.25) is 0 Å². The molecule has 0 nitrogen and oxygen atoms in total. The van der Waals surface area contributed by atoms with E-state index in [1.54, 1.807) is 0 Å². The van der Waals surface area contributed by atoms with Gasteiger partial charge in [0, 0.05) is 0 Å². The molecule has 0 saturated carbocycles. The van der Waals surface area contributed by atoms with Gasteiger partial charge in [-0.15, -0.1) is 11.6 Å². The highest BCUT2D eigenvalue weighted by Crippen LogP contribution is 2.20. The topological polar surface area (TPSA) is 0 Å². The van der Waals surface area contributed by atoms with Crippen LogP contribution in [0, 0.1) is 5.92 Å². The Balaban J connectivity index is 2.38. The molecule has 0 aliphatic heterocycles. The lowest BCUT2D eigenvalue weighted by atomic mass is 9.98. The van der Waals surface area contributed by atoms with Crippen LogP contribution in [0.1, 0.15) is 12.8 Å². The highest BCUT2D eigenvalue weighted by atomic mass is 35.5. The van der Waals surface area contributed by atoms with Crippen molar-refractivity contribution < 1.29 is 0 Å². The molecule has 0 aromatic rings. The third kappa shape index (κ3) is 2.23. The lowest BCUT2D eigenvalue weighted by molar-refractivity contribution is 0.596. The molecule has 52 valence electrons. The number of hydrogen-bond donors (Lipinski definition) is 0. The van der Waals surface area contributed by atoms with E-state index in [9.17, 15) is 0 Å². The molecule has 0 aromatic heterocycles. The summed E-state index contributed by atoms with van der Waals surface area (Å²) in [4.78, 5) is 0. The molecule has 0 aromatic carbocycles. The lowest BCUT2D eigenvalue weighted by Gasteiger charge is -2.21. The van der Waals surface area contributed by atoms with E-state index in [1.807, 2.05) is 0 Å². The van der Waals surface area contributed by atoms with Gasteiger partial charge in [0.1, 0.15) is 0 Å². The van der Waals surface area contributed by atoms with Crippen LogP contribution < -0.4 is 0 Å². The van der Waals surface area contributed by atoms with E-state index < -0.39 is 0 Å². The molecule has 0 amide bonds. The number of alkyl halides is 1. The normalized spacial score (nSPS) is 34.9. The van der Waals surface area contributed by atoms with Crippen LogP contribution in [0.4, 0.5) is 0 Å². The van der Waals surface area contributed by atoms with Gasteiger partial charge in [0.05, 0.1) is 5.38 Å². The molecule has 0 bridgehead atoms. The summed E-state index contributed by atoms with van der Waals surface area (Å²) >= 11 is 10.7. The van der Waals surface area contributed by atoms with Crippen molar-refractivity contribution in [2.75, 3.05) is 5.75 Å². The van der Waals surface area contributed by atoms with E-state index in [-0.39, 0.29) is 5.38 Å². The molecule has 0 saturated heterocycles. The fraction of sp³-hybridized carbons (Fsp3) is 0.714. The second-order valence-corrected chi connectivity index (χ2v) is 3.30. The molecule has 2 heteroatoms. The average Bonchev–Trinajstić information content (AvgIpc) is 1.90. The van der Waals surface area contributed by atoms with Gasteiger partial charge in [0.25, 0.3) is 0 Å². The zero-order valence-corrected chi connectivity index (χ0v) is 6.79. The summed E-state index contributed by atoms with van der Waals surface area (Å²) in [6.07, 6.45) is 6.48. The molecule has 2 atom stereocenters. The lowest BCUT2D eigenvalue weighted by Crippen LogP contribution is -2.09. The van der Waals surface area contributed by atoms with Gasteiger partial charge in [-0.3, -0.25) is 0 Å². The number of allylic oxidation sites excluding steroid dienone is 2. The van der Waals surface area contributed by atoms with Crippen LogP contribution in [0.5, 0.6) is 0 Å². The summed E-state index contributed by atoms with van der Waals surface area (Å²) < 4.78 is 0. The van der Waals surface area contributed by atoms with Crippen molar-refractivity contribution >= 4 is 24.2 Å². The smallest absolute Gasteiger partial charge is 0.0516 e. The Bertz CT molecular complexity index is 111. The average molecular weight is 162 g/mol. The van der Waals surface area contributed by atoms with Crippen LogP contribution >= 0.6 is 11.6 Å². The maximum atomic E-state index is 5.82. The molecule has 0 N–H and O–H groups in total. The fourth-order valence-corrected chi connectivity index (χ4v) is 1.47. The van der Waals surface area contributed by atoms with E-state index in [0.29, 0.717) is 5.92 Å². The predicted octanol–water partition coefficient (Wildman–Crippen LogP) is 2.11. The third-order valence-corrected chi connectivity index (χ3v) is 2.41. The van der Waals surface area contributed by atoms with Crippen LogP contribution in [0.15, 0.2) is 12.2 Å². The maximum Gasteiger partial charge on any atom is 0.0516 e. The van der Waals surface area contributed by atoms with Crippen molar-refractivity contribution in [1.29, 1.82) is 0 Å². The summed E-state index contributed by atoms with van der Waals surface area (Å²) in [5.74, 6) is 1.47. The molecule has 1 rings (SSSR count). The first-order chi connectivity index (χ1) is 4.33. The maximum absolute atomic E-state index is 5.82. The van der Waals surface area contributed by atoms with E-state index in [1.165, 1.54) is 6.42 Å². The molecule has 2 unspecified atom stereocenters. The standard InChI is InChI=1S/C7H11ClS/c8-7-3-1-6(5-9)2-4-7/h1,3,6-7,9H,2,4-5H2/p-1. The van der Waals surface area contributed by atoms with E-state index in [2.05, 4.69) is 12.2 Å². The Morgan fingerprint density at radius 3 is 2.67 bits per heavy atom. The van der Waals surface area contributed by atoms with E-state index in [0.717, 1.165) is 12.2 Å². The van der Waals surface area contributed by atoms with Gasteiger partial charge >= 0.3 is 0 Å². The molecule has 9 heavy (non-hydrogen) atoms. The molecule has 1 aliphatic rings. The van der Waals surface area contributed by atoms with Crippen molar-refractivity contribution in [3.05, 3.63) is 12.2 Å². The largest absolute Gasteiger partial charge is 0.792 e. The highest BCUT2D eigenvalue weighted by molar-refractivity contribution is 7.58. The molecular formula is C7H10ClS-. The Labute approximate surface area is 66.7 Å². The predicted molar refractivity (Wildman–Crippen MR) is 43.7 cm³/mol. The minimum atomic E-state index is 0.266. The summed E-state index contributed by atoms with van der Waals surface area (Å²) in [5.41, 5.74) is 0. The summed E-state index contributed by atoms with van der Waals surface area (Å²) in [5, 5.41) is 0.266. The van der Waals surface area contributed by atoms with Gasteiger partial charge in [-0.2, -0.15) is 5.75 Å². The van der Waals surface area contributed by atoms with Gasteiger partial charge in [0.15, 0.2) is 0 Å². The Morgan fingerprint density at radius 1 is 1.44 bits per heavy atom. The summed E-state index contributed by atoms with van der Waals surface area (Å²) in [6, 6.07) is 0. The zero-order valence-electron chi connectivity index (χ0n) is 5.22. The molecule has 0 radical (unpaired) electrons. The molecule has 1 aliphatic carbocycles. The third-order valence-electron chi connectivity index (χ3n) is 1.62. The second kappa shape index (κ2) is 3.52. The van der Waals surface area contributed by atoms with Gasteiger partial charge < -0.3 is 12.6 Å². The van der Waals surface area contributed by atoms with Crippen LogP contribution in [-0.2, 0) is 12.6 Å². The van der Waals surface area contributed by atoms with Crippen LogP contribution in [0.2, 0.25) is 0 Å². The van der Waals surface area contributed by atoms with Gasteiger partial charge in [-0.1, -0.05) is 12.2 Å². The first-order valence-corrected chi connectivity index (χ1v) is 4.25. The van der Waals surface area contributed by atoms with E-state index in [4.69, 9.17) is 24.2 Å². The minimum Gasteiger partial charge on any atom is -0.792 e. The van der Waals surface area contributed by atoms with Crippen molar-refractivity contribution in [2.45, 2.75) is 18.2 Å². The monoisotopic (exact) mass is 161 g/mol. The van der Waals surface area contributed by atoms with Crippen LogP contribution in [0.25, 0.3) is 0 Å². The highest BCUT2D eigenvalue weighted by Gasteiger charge is 2.08. The molecular weight excluding hydrogens is 152 g/mol. The van der Waals surface area contributed by atoms with Crippen molar-refractivity contribution in [3.8, 4) is 0 Å². The number of rotatable bonds is 1. The van der Waals surface area contributed by atoms with Crippen LogP contribution in [0.3, 0.4) is 0 Å². The molecule has 0 spiro atoms. The summed E-state index contributed by atoms with van der Waals surface area (Å²) in [6.45, 7) is 0. The Morgan fingerprint density at radius 2 is 2.22 bits per heavy atom. The Kier molecular flexibility index (Phi) is 2.93. The second-order valence-electron chi connectivity index (χ2n) is 2.40. The zero-order chi connectivity index (χ0) is 6.69. The van der Waals surface area contributed by atoms with Crippen molar-refractivity contribution in [2.24, 2.45) is 5.92 Å². The molecule has 0 heterocycles. The van der Waals surface area contributed by atoms with Crippen LogP contribution in [-0.4, -0.2) is 11.1 Å². The number of halogens is 1. The number of hydrogen-bond acceptors (Lipinski definition) is 1. The summed E-state index contributed by atoms with van der Waals surface area (Å²) in [7, 11) is 0. The SMILES string of the molecule is [S-]CC1C=CC(Cl)CC1. The van der Waals surface area contributed by atoms with E-state index >= 15 is 0 Å². The Hall–Kier alpha value is 0.380. The minimum absolute atomic E-state index is 0.266. The van der Waals surface area contributed by atoms with Gasteiger partial charge in [-0.25, -0.2) is 0 Å². The molecule has 0 fully saturated rings. The van der Waals surface area contributed by atoms with Gasteiger partial charge in [-0.05, 0) is 18.8 Å².